The van der Waals surface area contributed by atoms with E-state index in [-0.39, 0.29) is 31.1 Å². The number of tetrazole rings is 1. The van der Waals surface area contributed by atoms with Crippen molar-refractivity contribution in [2.75, 3.05) is 6.61 Å². The molecule has 1 aromatic carbocycles. The Balaban J connectivity index is 1.88. The van der Waals surface area contributed by atoms with Crippen molar-refractivity contribution in [1.29, 1.82) is 0 Å². The Kier molecular flexibility index (Phi) is 5.14. The largest absolute Gasteiger partial charge is 0.466 e. The van der Waals surface area contributed by atoms with E-state index in [2.05, 4.69) is 15.4 Å². The van der Waals surface area contributed by atoms with Crippen LogP contribution < -0.4 is 0 Å². The highest BCUT2D eigenvalue weighted by molar-refractivity contribution is 5.82. The quantitative estimate of drug-likeness (QED) is 0.713. The highest BCUT2D eigenvalue weighted by Gasteiger charge is 2.11. The molecule has 0 saturated heterocycles. The number of hydrogen-bond donors (Lipinski definition) is 0. The van der Waals surface area contributed by atoms with Crippen LogP contribution in [0.4, 0.5) is 0 Å². The zero-order valence-electron chi connectivity index (χ0n) is 11.7. The Hall–Kier alpha value is -2.57. The first-order valence-corrected chi connectivity index (χ1v) is 6.69. The van der Waals surface area contributed by atoms with Crippen LogP contribution in [0.1, 0.15) is 19.8 Å². The van der Waals surface area contributed by atoms with E-state index in [0.29, 0.717) is 12.4 Å². The van der Waals surface area contributed by atoms with Crippen LogP contribution in [-0.2, 0) is 20.9 Å². The summed E-state index contributed by atoms with van der Waals surface area (Å²) in [6.07, 6.45) is 0.188. The molecule has 0 N–H and O–H groups in total. The van der Waals surface area contributed by atoms with Crippen molar-refractivity contribution in [3.8, 4) is 11.4 Å². The number of ether oxygens (including phenoxy) is 1. The van der Waals surface area contributed by atoms with Crippen LogP contribution in [0.2, 0.25) is 0 Å². The van der Waals surface area contributed by atoms with Crippen LogP contribution >= 0.6 is 0 Å². The fourth-order valence-corrected chi connectivity index (χ4v) is 1.72. The summed E-state index contributed by atoms with van der Waals surface area (Å²) in [5, 5.41) is 11.9. The molecule has 0 aliphatic heterocycles. The highest BCUT2D eigenvalue weighted by atomic mass is 16.5. The number of nitrogens with zero attached hydrogens (tertiary/aromatic N) is 4. The van der Waals surface area contributed by atoms with Gasteiger partial charge >= 0.3 is 5.97 Å². The summed E-state index contributed by atoms with van der Waals surface area (Å²) in [5.41, 5.74) is 0.836. The van der Waals surface area contributed by atoms with Crippen molar-refractivity contribution < 1.29 is 14.3 Å². The molecule has 0 bridgehead atoms. The fourth-order valence-electron chi connectivity index (χ4n) is 1.72. The third kappa shape index (κ3) is 4.48. The molecular weight excluding hydrogens is 272 g/mol. The van der Waals surface area contributed by atoms with Gasteiger partial charge in [0.25, 0.3) is 0 Å². The van der Waals surface area contributed by atoms with Crippen molar-refractivity contribution in [2.24, 2.45) is 0 Å². The first kappa shape index (κ1) is 14.8. The van der Waals surface area contributed by atoms with Gasteiger partial charge in [0.2, 0.25) is 5.82 Å². The van der Waals surface area contributed by atoms with E-state index in [9.17, 15) is 9.59 Å². The minimum Gasteiger partial charge on any atom is -0.466 e. The monoisotopic (exact) mass is 288 g/mol. The van der Waals surface area contributed by atoms with Gasteiger partial charge in [-0.15, -0.1) is 10.2 Å². The standard InChI is InChI=1S/C14H16N4O3/c1-2-21-13(20)9-8-12(19)10-18-16-14(15-17-18)11-6-4-3-5-7-11/h3-7H,2,8-10H2,1H3. The summed E-state index contributed by atoms with van der Waals surface area (Å²) in [4.78, 5) is 24.1. The van der Waals surface area contributed by atoms with E-state index in [4.69, 9.17) is 4.74 Å². The molecule has 1 aromatic heterocycles. The molecule has 0 fully saturated rings. The maximum Gasteiger partial charge on any atom is 0.306 e. The van der Waals surface area contributed by atoms with Crippen molar-refractivity contribution in [3.63, 3.8) is 0 Å². The van der Waals surface area contributed by atoms with E-state index in [1.807, 2.05) is 30.3 Å². The summed E-state index contributed by atoms with van der Waals surface area (Å²) in [5.74, 6) is -0.0452. The van der Waals surface area contributed by atoms with Gasteiger partial charge in [-0.05, 0) is 12.1 Å². The van der Waals surface area contributed by atoms with Gasteiger partial charge in [-0.2, -0.15) is 4.80 Å². The van der Waals surface area contributed by atoms with Gasteiger partial charge < -0.3 is 4.74 Å². The second-order valence-electron chi connectivity index (χ2n) is 4.35. The van der Waals surface area contributed by atoms with Crippen molar-refractivity contribution in [2.45, 2.75) is 26.3 Å². The minimum absolute atomic E-state index is 0.000755. The lowest BCUT2D eigenvalue weighted by atomic mass is 10.2. The van der Waals surface area contributed by atoms with Gasteiger partial charge in [-0.1, -0.05) is 30.3 Å². The Morgan fingerprint density at radius 3 is 2.67 bits per heavy atom. The van der Waals surface area contributed by atoms with E-state index >= 15 is 0 Å². The molecule has 0 aliphatic carbocycles. The minimum atomic E-state index is -0.373. The summed E-state index contributed by atoms with van der Waals surface area (Å²) >= 11 is 0. The number of hydrogen-bond acceptors (Lipinski definition) is 6. The number of esters is 1. The number of carbonyl (C=O) groups is 2. The Morgan fingerprint density at radius 2 is 1.95 bits per heavy atom. The number of ketones is 1. The number of benzene rings is 1. The molecule has 0 spiro atoms. The molecule has 2 rings (SSSR count). The average molecular weight is 288 g/mol. The van der Waals surface area contributed by atoms with Crippen LogP contribution in [0.25, 0.3) is 11.4 Å². The van der Waals surface area contributed by atoms with Gasteiger partial charge in [-0.25, -0.2) is 0 Å². The van der Waals surface area contributed by atoms with E-state index < -0.39 is 0 Å². The maximum absolute atomic E-state index is 11.7. The van der Waals surface area contributed by atoms with E-state index in [1.54, 1.807) is 6.92 Å². The predicted octanol–water partition coefficient (Wildman–Crippen LogP) is 1.25. The van der Waals surface area contributed by atoms with E-state index in [0.717, 1.165) is 5.56 Å². The molecule has 1 heterocycles. The Labute approximate surface area is 121 Å². The molecule has 110 valence electrons. The molecule has 0 aliphatic rings. The normalized spacial score (nSPS) is 10.3. The summed E-state index contributed by atoms with van der Waals surface area (Å²) < 4.78 is 4.76. The predicted molar refractivity (Wildman–Crippen MR) is 74.1 cm³/mol. The zero-order chi connectivity index (χ0) is 15.1. The van der Waals surface area contributed by atoms with Gasteiger partial charge in [0, 0.05) is 12.0 Å². The van der Waals surface area contributed by atoms with Crippen LogP contribution in [0.15, 0.2) is 30.3 Å². The molecule has 0 unspecified atom stereocenters. The van der Waals surface area contributed by atoms with E-state index in [1.165, 1.54) is 4.80 Å². The molecular formula is C14H16N4O3. The zero-order valence-corrected chi connectivity index (χ0v) is 11.7. The highest BCUT2D eigenvalue weighted by Crippen LogP contribution is 2.11. The maximum atomic E-state index is 11.7. The lowest BCUT2D eigenvalue weighted by molar-refractivity contribution is -0.144. The third-order valence-corrected chi connectivity index (χ3v) is 2.72. The molecule has 0 radical (unpaired) electrons. The molecule has 0 atom stereocenters. The van der Waals surface area contributed by atoms with Gasteiger partial charge in [0.05, 0.1) is 13.0 Å². The topological polar surface area (TPSA) is 87.0 Å². The Morgan fingerprint density at radius 1 is 1.19 bits per heavy atom. The lowest BCUT2D eigenvalue weighted by Crippen LogP contribution is -2.15. The second kappa shape index (κ2) is 7.28. The van der Waals surface area contributed by atoms with Crippen LogP contribution in [0, 0.1) is 0 Å². The molecule has 2 aromatic rings. The van der Waals surface area contributed by atoms with Crippen molar-refractivity contribution in [1.82, 2.24) is 20.2 Å². The third-order valence-electron chi connectivity index (χ3n) is 2.72. The summed E-state index contributed by atoms with van der Waals surface area (Å²) in [7, 11) is 0. The fraction of sp³-hybridized carbons (Fsp3) is 0.357. The summed E-state index contributed by atoms with van der Waals surface area (Å²) in [6, 6.07) is 9.38. The molecule has 0 amide bonds. The van der Waals surface area contributed by atoms with Crippen molar-refractivity contribution in [3.05, 3.63) is 30.3 Å². The first-order valence-electron chi connectivity index (χ1n) is 6.69. The van der Waals surface area contributed by atoms with Crippen LogP contribution in [0.3, 0.4) is 0 Å². The number of aromatic nitrogens is 4. The lowest BCUT2D eigenvalue weighted by Gasteiger charge is -2.00. The second-order valence-corrected chi connectivity index (χ2v) is 4.35. The van der Waals surface area contributed by atoms with Gasteiger partial charge in [-0.3, -0.25) is 9.59 Å². The SMILES string of the molecule is CCOC(=O)CCC(=O)Cn1nnc(-c2ccccc2)n1. The van der Waals surface area contributed by atoms with Gasteiger partial charge in [0.1, 0.15) is 6.54 Å². The Bertz CT molecular complexity index is 610. The van der Waals surface area contributed by atoms with Crippen LogP contribution in [0.5, 0.6) is 0 Å². The number of Topliss-reactive ketones (excluding diaryl/α,β-unsaturated/α-hetero) is 1. The van der Waals surface area contributed by atoms with Crippen LogP contribution in [-0.4, -0.2) is 38.6 Å². The molecule has 0 saturated carbocycles. The molecule has 7 nitrogen and oxygen atoms in total. The van der Waals surface area contributed by atoms with Crippen molar-refractivity contribution >= 4 is 11.8 Å². The smallest absolute Gasteiger partial charge is 0.306 e. The molecule has 21 heavy (non-hydrogen) atoms. The first-order chi connectivity index (χ1) is 10.2. The number of carbonyl (C=O) groups excluding carboxylic acids is 2. The molecule has 7 heteroatoms. The number of rotatable bonds is 7. The summed E-state index contributed by atoms with van der Waals surface area (Å²) in [6.45, 7) is 2.04. The average Bonchev–Trinajstić information content (AvgIpc) is 2.95. The van der Waals surface area contributed by atoms with Gasteiger partial charge in [0.15, 0.2) is 5.78 Å².